The van der Waals surface area contributed by atoms with Crippen LogP contribution in [0.3, 0.4) is 0 Å². The van der Waals surface area contributed by atoms with Crippen LogP contribution in [0.15, 0.2) is 31.4 Å². The standard InChI is InChI=1S/C14H11Cl3O4/c1-3-5-20-13(18)8-7-9(15)11(16)12(17)10(8)14(19)21-6-4-2/h3-4,7H,1-2,5-6H2. The van der Waals surface area contributed by atoms with Crippen LogP contribution >= 0.6 is 34.8 Å². The molecule has 0 aliphatic rings. The summed E-state index contributed by atoms with van der Waals surface area (Å²) >= 11 is 17.7. The molecule has 0 radical (unpaired) electrons. The zero-order valence-electron chi connectivity index (χ0n) is 10.8. The number of hydrogen-bond acceptors (Lipinski definition) is 4. The van der Waals surface area contributed by atoms with Gasteiger partial charge in [0.25, 0.3) is 0 Å². The second-order valence-corrected chi connectivity index (χ2v) is 4.85. The van der Waals surface area contributed by atoms with E-state index in [1.165, 1.54) is 18.2 Å². The van der Waals surface area contributed by atoms with Crippen molar-refractivity contribution in [2.45, 2.75) is 0 Å². The van der Waals surface area contributed by atoms with Crippen molar-refractivity contribution in [3.8, 4) is 0 Å². The lowest BCUT2D eigenvalue weighted by atomic mass is 10.1. The molecule has 0 saturated heterocycles. The third-order valence-corrected chi connectivity index (χ3v) is 3.51. The van der Waals surface area contributed by atoms with Crippen LogP contribution < -0.4 is 0 Å². The minimum Gasteiger partial charge on any atom is -0.458 e. The molecule has 7 heteroatoms. The molecule has 0 amide bonds. The summed E-state index contributed by atoms with van der Waals surface area (Å²) < 4.78 is 9.75. The predicted molar refractivity (Wildman–Crippen MR) is 82.4 cm³/mol. The van der Waals surface area contributed by atoms with Crippen LogP contribution in [0.1, 0.15) is 20.7 Å². The summed E-state index contributed by atoms with van der Waals surface area (Å²) in [5.41, 5.74) is -0.340. The molecule has 0 heterocycles. The Morgan fingerprint density at radius 2 is 1.52 bits per heavy atom. The largest absolute Gasteiger partial charge is 0.458 e. The van der Waals surface area contributed by atoms with Gasteiger partial charge in [-0.3, -0.25) is 0 Å². The monoisotopic (exact) mass is 348 g/mol. The molecule has 0 N–H and O–H groups in total. The van der Waals surface area contributed by atoms with E-state index in [1.54, 1.807) is 0 Å². The Morgan fingerprint density at radius 1 is 1.00 bits per heavy atom. The van der Waals surface area contributed by atoms with Gasteiger partial charge in [0, 0.05) is 0 Å². The summed E-state index contributed by atoms with van der Waals surface area (Å²) in [7, 11) is 0. The molecule has 0 aliphatic carbocycles. The third-order valence-electron chi connectivity index (χ3n) is 2.25. The summed E-state index contributed by atoms with van der Waals surface area (Å²) in [4.78, 5) is 24.0. The second-order valence-electron chi connectivity index (χ2n) is 3.68. The molecular formula is C14H11Cl3O4. The van der Waals surface area contributed by atoms with Crippen molar-refractivity contribution in [2.24, 2.45) is 0 Å². The summed E-state index contributed by atoms with van der Waals surface area (Å²) in [6.07, 6.45) is 2.76. The number of rotatable bonds is 6. The maximum atomic E-state index is 12.0. The molecule has 0 aromatic heterocycles. The summed E-state index contributed by atoms with van der Waals surface area (Å²) in [6, 6.07) is 1.20. The molecule has 0 atom stereocenters. The van der Waals surface area contributed by atoms with Gasteiger partial charge in [0.15, 0.2) is 0 Å². The average Bonchev–Trinajstić information content (AvgIpc) is 2.47. The molecule has 1 aromatic rings. The highest BCUT2D eigenvalue weighted by atomic mass is 35.5. The molecule has 0 aliphatic heterocycles. The van der Waals surface area contributed by atoms with Crippen molar-refractivity contribution in [3.63, 3.8) is 0 Å². The molecule has 1 rings (SSSR count). The van der Waals surface area contributed by atoms with Crippen LogP contribution in [0.4, 0.5) is 0 Å². The van der Waals surface area contributed by atoms with Crippen molar-refractivity contribution in [3.05, 3.63) is 57.6 Å². The molecule has 0 bridgehead atoms. The fourth-order valence-corrected chi connectivity index (χ4v) is 2.06. The quantitative estimate of drug-likeness (QED) is 0.436. The Bertz CT molecular complexity index is 596. The number of benzene rings is 1. The first-order valence-corrected chi connectivity index (χ1v) is 6.81. The van der Waals surface area contributed by atoms with E-state index in [2.05, 4.69) is 13.2 Å². The number of carbonyl (C=O) groups excluding carboxylic acids is 2. The molecule has 21 heavy (non-hydrogen) atoms. The van der Waals surface area contributed by atoms with E-state index in [-0.39, 0.29) is 39.4 Å². The lowest BCUT2D eigenvalue weighted by Gasteiger charge is -2.12. The minimum atomic E-state index is -0.830. The number of esters is 2. The maximum Gasteiger partial charge on any atom is 0.340 e. The van der Waals surface area contributed by atoms with Crippen LogP contribution in [0, 0.1) is 0 Å². The first kappa shape index (κ1) is 17.6. The Hall–Kier alpha value is -1.49. The Morgan fingerprint density at radius 3 is 2.05 bits per heavy atom. The van der Waals surface area contributed by atoms with Crippen molar-refractivity contribution < 1.29 is 19.1 Å². The van der Waals surface area contributed by atoms with Gasteiger partial charge < -0.3 is 9.47 Å². The van der Waals surface area contributed by atoms with Crippen LogP contribution in [0.25, 0.3) is 0 Å². The average molecular weight is 350 g/mol. The van der Waals surface area contributed by atoms with Gasteiger partial charge in [-0.25, -0.2) is 9.59 Å². The van der Waals surface area contributed by atoms with E-state index in [0.29, 0.717) is 0 Å². The van der Waals surface area contributed by atoms with Gasteiger partial charge in [-0.2, -0.15) is 0 Å². The zero-order valence-corrected chi connectivity index (χ0v) is 13.1. The SMILES string of the molecule is C=CCOC(=O)c1cc(Cl)c(Cl)c(Cl)c1C(=O)OCC=C. The number of hydrogen-bond donors (Lipinski definition) is 0. The smallest absolute Gasteiger partial charge is 0.340 e. The molecule has 0 spiro atoms. The van der Waals surface area contributed by atoms with E-state index in [4.69, 9.17) is 44.3 Å². The van der Waals surface area contributed by atoms with Gasteiger partial charge >= 0.3 is 11.9 Å². The maximum absolute atomic E-state index is 12.0. The highest BCUT2D eigenvalue weighted by molar-refractivity contribution is 6.49. The zero-order chi connectivity index (χ0) is 16.0. The van der Waals surface area contributed by atoms with Crippen molar-refractivity contribution >= 4 is 46.7 Å². The van der Waals surface area contributed by atoms with Crippen molar-refractivity contribution in [1.82, 2.24) is 0 Å². The summed E-state index contributed by atoms with van der Waals surface area (Å²) in [5.74, 6) is -1.62. The number of carbonyl (C=O) groups is 2. The molecule has 0 unspecified atom stereocenters. The van der Waals surface area contributed by atoms with E-state index in [1.807, 2.05) is 0 Å². The molecule has 112 valence electrons. The first-order chi connectivity index (χ1) is 9.93. The molecule has 0 saturated carbocycles. The van der Waals surface area contributed by atoms with Gasteiger partial charge in [-0.1, -0.05) is 60.1 Å². The topological polar surface area (TPSA) is 52.6 Å². The number of ether oxygens (including phenoxy) is 2. The van der Waals surface area contributed by atoms with Crippen molar-refractivity contribution in [1.29, 1.82) is 0 Å². The predicted octanol–water partition coefficient (Wildman–Crippen LogP) is 4.33. The van der Waals surface area contributed by atoms with Crippen LogP contribution in [-0.2, 0) is 9.47 Å². The Labute approximate surface area is 136 Å². The van der Waals surface area contributed by atoms with Crippen LogP contribution in [0.2, 0.25) is 15.1 Å². The normalized spacial score (nSPS) is 9.86. The van der Waals surface area contributed by atoms with Gasteiger partial charge in [0.05, 0.1) is 26.2 Å². The number of halogens is 3. The van der Waals surface area contributed by atoms with Gasteiger partial charge in [0.2, 0.25) is 0 Å². The van der Waals surface area contributed by atoms with Gasteiger partial charge in [-0.05, 0) is 6.07 Å². The Kier molecular flexibility index (Phi) is 6.75. The molecule has 4 nitrogen and oxygen atoms in total. The second kappa shape index (κ2) is 8.08. The lowest BCUT2D eigenvalue weighted by molar-refractivity contribution is 0.0503. The lowest BCUT2D eigenvalue weighted by Crippen LogP contribution is -2.15. The van der Waals surface area contributed by atoms with E-state index in [0.717, 1.165) is 0 Å². The minimum absolute atomic E-state index is 0.0208. The van der Waals surface area contributed by atoms with Crippen LogP contribution in [-0.4, -0.2) is 25.2 Å². The Balaban J connectivity index is 3.33. The summed E-state index contributed by atoms with van der Waals surface area (Å²) in [6.45, 7) is 6.76. The fourth-order valence-electron chi connectivity index (χ4n) is 1.37. The molecular weight excluding hydrogens is 339 g/mol. The fraction of sp³-hybridized carbons (Fsp3) is 0.143. The highest BCUT2D eigenvalue weighted by Gasteiger charge is 2.26. The highest BCUT2D eigenvalue weighted by Crippen LogP contribution is 2.36. The van der Waals surface area contributed by atoms with Crippen LogP contribution in [0.5, 0.6) is 0 Å². The van der Waals surface area contributed by atoms with E-state index in [9.17, 15) is 9.59 Å². The summed E-state index contributed by atoms with van der Waals surface area (Å²) in [5, 5.41) is -0.208. The molecule has 1 aromatic carbocycles. The third kappa shape index (κ3) is 4.24. The van der Waals surface area contributed by atoms with E-state index >= 15 is 0 Å². The van der Waals surface area contributed by atoms with E-state index < -0.39 is 11.9 Å². The first-order valence-electron chi connectivity index (χ1n) is 5.67. The van der Waals surface area contributed by atoms with Crippen molar-refractivity contribution in [2.75, 3.05) is 13.2 Å². The van der Waals surface area contributed by atoms with Gasteiger partial charge in [0.1, 0.15) is 13.2 Å². The van der Waals surface area contributed by atoms with Gasteiger partial charge in [-0.15, -0.1) is 0 Å². The molecule has 0 fully saturated rings.